The van der Waals surface area contributed by atoms with Gasteiger partial charge in [-0.3, -0.25) is 14.7 Å². The Labute approximate surface area is 185 Å². The Morgan fingerprint density at radius 2 is 2.29 bits per heavy atom. The Hall–Kier alpha value is -1.76. The molecule has 1 saturated carbocycles. The zero-order valence-corrected chi connectivity index (χ0v) is 18.8. The summed E-state index contributed by atoms with van der Waals surface area (Å²) >= 11 is 0. The quantitative estimate of drug-likeness (QED) is 0.735. The topological polar surface area (TPSA) is 63.7 Å². The molecular formula is C25H35N3O3. The summed E-state index contributed by atoms with van der Waals surface area (Å²) in [6, 6.07) is 3.56. The molecule has 2 saturated heterocycles. The first-order valence-electron chi connectivity index (χ1n) is 11.8. The number of rotatable bonds is 5. The van der Waals surface area contributed by atoms with Crippen molar-refractivity contribution in [3.63, 3.8) is 0 Å². The summed E-state index contributed by atoms with van der Waals surface area (Å²) in [6.07, 6.45) is 10.3. The number of aromatic nitrogens is 1. The minimum atomic E-state index is -0.257. The minimum Gasteiger partial charge on any atom is -0.377 e. The molecular weight excluding hydrogens is 390 g/mol. The molecule has 5 aliphatic rings. The summed E-state index contributed by atoms with van der Waals surface area (Å²) < 4.78 is 12.5. The highest BCUT2D eigenvalue weighted by Gasteiger charge is 2.51. The fourth-order valence-electron chi connectivity index (χ4n) is 6.10. The van der Waals surface area contributed by atoms with E-state index in [1.165, 1.54) is 12.8 Å². The first-order valence-corrected chi connectivity index (χ1v) is 11.8. The molecule has 168 valence electrons. The Bertz CT molecular complexity index is 840. The molecule has 6 heteroatoms. The number of ether oxygens (including phenoxy) is 2. The third-order valence-electron chi connectivity index (χ3n) is 8.17. The molecule has 3 heterocycles. The molecule has 0 unspecified atom stereocenters. The number of carbonyl (C=O) groups is 1. The molecule has 6 nitrogen and oxygen atoms in total. The molecule has 1 aromatic rings. The highest BCUT2D eigenvalue weighted by Crippen LogP contribution is 2.59. The van der Waals surface area contributed by atoms with Gasteiger partial charge in [0.05, 0.1) is 24.9 Å². The number of allylic oxidation sites excluding steroid dienone is 1. The highest BCUT2D eigenvalue weighted by molar-refractivity contribution is 5.93. The number of hydrogen-bond donors (Lipinski definition) is 1. The maximum absolute atomic E-state index is 12.3. The van der Waals surface area contributed by atoms with Gasteiger partial charge in [-0.05, 0) is 55.1 Å². The molecule has 2 bridgehead atoms. The number of fused-ring (bicyclic) bond motifs is 1. The second kappa shape index (κ2) is 8.30. The van der Waals surface area contributed by atoms with Crippen LogP contribution in [0.2, 0.25) is 0 Å². The van der Waals surface area contributed by atoms with Crippen LogP contribution in [-0.2, 0) is 9.47 Å². The van der Waals surface area contributed by atoms with Gasteiger partial charge in [0.2, 0.25) is 0 Å². The Balaban J connectivity index is 1.17. The highest BCUT2D eigenvalue weighted by atomic mass is 16.6. The number of amides is 1. The molecule has 3 aliphatic carbocycles. The third-order valence-corrected chi connectivity index (χ3v) is 8.17. The van der Waals surface area contributed by atoms with Gasteiger partial charge in [0, 0.05) is 38.6 Å². The molecule has 4 atom stereocenters. The van der Waals surface area contributed by atoms with E-state index in [0.29, 0.717) is 24.1 Å². The van der Waals surface area contributed by atoms with Crippen LogP contribution in [0.5, 0.6) is 0 Å². The van der Waals surface area contributed by atoms with Gasteiger partial charge in [-0.1, -0.05) is 25.5 Å². The number of nitrogens with one attached hydrogen (secondary N) is 1. The fourth-order valence-corrected chi connectivity index (χ4v) is 6.10. The average Bonchev–Trinajstić information content (AvgIpc) is 3.07. The molecule has 6 rings (SSSR count). The van der Waals surface area contributed by atoms with Crippen LogP contribution in [0.4, 0.5) is 0 Å². The normalized spacial score (nSPS) is 34.6. The van der Waals surface area contributed by atoms with E-state index in [-0.39, 0.29) is 17.6 Å². The van der Waals surface area contributed by atoms with Crippen molar-refractivity contribution in [1.29, 1.82) is 0 Å². The van der Waals surface area contributed by atoms with E-state index in [0.717, 1.165) is 50.9 Å². The first-order chi connectivity index (χ1) is 15.0. The monoisotopic (exact) mass is 425 g/mol. The summed E-state index contributed by atoms with van der Waals surface area (Å²) in [5.74, 6) is 1.52. The second-order valence-corrected chi connectivity index (χ2v) is 10.5. The van der Waals surface area contributed by atoms with Crippen molar-refractivity contribution >= 4 is 5.91 Å². The van der Waals surface area contributed by atoms with E-state index in [2.05, 4.69) is 35.1 Å². The summed E-state index contributed by atoms with van der Waals surface area (Å²) in [4.78, 5) is 18.9. The second-order valence-electron chi connectivity index (χ2n) is 10.5. The van der Waals surface area contributed by atoms with Gasteiger partial charge in [-0.25, -0.2) is 0 Å². The van der Waals surface area contributed by atoms with Gasteiger partial charge in [-0.2, -0.15) is 0 Å². The molecule has 31 heavy (non-hydrogen) atoms. The van der Waals surface area contributed by atoms with Gasteiger partial charge < -0.3 is 14.8 Å². The number of carbonyl (C=O) groups excluding carboxylic acids is 1. The largest absolute Gasteiger partial charge is 0.377 e. The lowest BCUT2D eigenvalue weighted by molar-refractivity contribution is -0.0846. The van der Waals surface area contributed by atoms with Crippen molar-refractivity contribution in [2.24, 2.45) is 17.3 Å². The van der Waals surface area contributed by atoms with Gasteiger partial charge in [0.25, 0.3) is 5.91 Å². The van der Waals surface area contributed by atoms with E-state index in [1.807, 2.05) is 0 Å². The predicted molar refractivity (Wildman–Crippen MR) is 119 cm³/mol. The van der Waals surface area contributed by atoms with E-state index in [4.69, 9.17) is 9.47 Å². The molecule has 2 aliphatic heterocycles. The lowest BCUT2D eigenvalue weighted by atomic mass is 9.49. The van der Waals surface area contributed by atoms with E-state index in [1.54, 1.807) is 30.1 Å². The summed E-state index contributed by atoms with van der Waals surface area (Å²) in [5, 5.41) is 3.01. The smallest absolute Gasteiger partial charge is 0.252 e. The van der Waals surface area contributed by atoms with Crippen LogP contribution in [0.15, 0.2) is 36.2 Å². The van der Waals surface area contributed by atoms with Crippen molar-refractivity contribution < 1.29 is 14.3 Å². The van der Waals surface area contributed by atoms with Gasteiger partial charge in [0.15, 0.2) is 0 Å². The average molecular weight is 426 g/mol. The van der Waals surface area contributed by atoms with E-state index >= 15 is 0 Å². The van der Waals surface area contributed by atoms with Crippen LogP contribution >= 0.6 is 0 Å². The summed E-state index contributed by atoms with van der Waals surface area (Å²) in [7, 11) is 0. The number of hydrogen-bond acceptors (Lipinski definition) is 5. The van der Waals surface area contributed by atoms with Gasteiger partial charge >= 0.3 is 0 Å². The zero-order chi connectivity index (χ0) is 21.5. The van der Waals surface area contributed by atoms with Crippen LogP contribution < -0.4 is 5.32 Å². The Morgan fingerprint density at radius 1 is 1.39 bits per heavy atom. The van der Waals surface area contributed by atoms with Gasteiger partial charge in [0.1, 0.15) is 5.60 Å². The molecule has 1 spiro atoms. The molecule has 0 radical (unpaired) electrons. The fraction of sp³-hybridized carbons (Fsp3) is 0.680. The SMILES string of the molecule is CC1(C)[C@@H]2CC=C(CN3CCOC[C@]4(CC[C@@H](CNC(=O)c5cccnc5)O4)C3)[C@H]1C2. The van der Waals surface area contributed by atoms with Crippen LogP contribution in [0, 0.1) is 17.3 Å². The van der Waals surface area contributed by atoms with Crippen LogP contribution in [0.1, 0.15) is 49.9 Å². The van der Waals surface area contributed by atoms with Crippen LogP contribution in [0.3, 0.4) is 0 Å². The van der Waals surface area contributed by atoms with Crippen molar-refractivity contribution in [3.8, 4) is 0 Å². The Kier molecular flexibility index (Phi) is 5.65. The lowest BCUT2D eigenvalue weighted by Gasteiger charge is -2.57. The van der Waals surface area contributed by atoms with Crippen LogP contribution in [0.25, 0.3) is 0 Å². The number of pyridine rings is 1. The maximum Gasteiger partial charge on any atom is 0.252 e. The number of nitrogens with zero attached hydrogens (tertiary/aromatic N) is 2. The standard InChI is InChI=1S/C25H35N3O3/c1-24(2)20-6-5-19(22(24)12-20)15-28-10-11-30-17-25(16-28)8-7-21(31-25)14-27-23(29)18-4-3-9-26-13-18/h3-5,9,13,20-22H,6-8,10-12,14-17H2,1-2H3,(H,27,29)/t20-,21+,22-,25+/m1/s1. The summed E-state index contributed by atoms with van der Waals surface area (Å²) in [5.41, 5.74) is 2.42. The van der Waals surface area contributed by atoms with E-state index in [9.17, 15) is 4.79 Å². The molecule has 1 N–H and O–H groups in total. The van der Waals surface area contributed by atoms with Crippen molar-refractivity contribution in [1.82, 2.24) is 15.2 Å². The summed E-state index contributed by atoms with van der Waals surface area (Å²) in [6.45, 7) is 9.72. The third kappa shape index (κ3) is 4.18. The predicted octanol–water partition coefficient (Wildman–Crippen LogP) is 3.05. The molecule has 1 amide bonds. The van der Waals surface area contributed by atoms with Crippen molar-refractivity contribution in [2.45, 2.75) is 51.2 Å². The van der Waals surface area contributed by atoms with Crippen LogP contribution in [-0.4, -0.2) is 66.9 Å². The molecule has 3 fully saturated rings. The molecule has 0 aromatic carbocycles. The van der Waals surface area contributed by atoms with Gasteiger partial charge in [-0.15, -0.1) is 0 Å². The van der Waals surface area contributed by atoms with Crippen molar-refractivity contribution in [2.75, 3.05) is 39.4 Å². The van der Waals surface area contributed by atoms with E-state index < -0.39 is 0 Å². The first kappa shape index (κ1) is 21.1. The zero-order valence-electron chi connectivity index (χ0n) is 18.8. The maximum atomic E-state index is 12.3. The molecule has 1 aromatic heterocycles. The van der Waals surface area contributed by atoms with Crippen molar-refractivity contribution in [3.05, 3.63) is 41.7 Å². The lowest BCUT2D eigenvalue weighted by Crippen LogP contribution is -2.51. The Morgan fingerprint density at radius 3 is 3.06 bits per heavy atom. The minimum absolute atomic E-state index is 0.0318.